The van der Waals surface area contributed by atoms with E-state index in [1.54, 1.807) is 0 Å². The van der Waals surface area contributed by atoms with Gasteiger partial charge in [-0.25, -0.2) is 0 Å². The first-order chi connectivity index (χ1) is 9.72. The van der Waals surface area contributed by atoms with Crippen LogP contribution in [0, 0.1) is 0 Å². The molecule has 1 aliphatic rings. The smallest absolute Gasteiger partial charge is 0.0410 e. The molecule has 0 aliphatic heterocycles. The van der Waals surface area contributed by atoms with Crippen LogP contribution in [0.15, 0.2) is 23.1 Å². The Labute approximate surface area is 132 Å². The Morgan fingerprint density at radius 3 is 2.70 bits per heavy atom. The van der Waals surface area contributed by atoms with Gasteiger partial charge in [0.2, 0.25) is 0 Å². The Kier molecular flexibility index (Phi) is 6.69. The van der Waals surface area contributed by atoms with E-state index in [0.29, 0.717) is 0 Å². The summed E-state index contributed by atoms with van der Waals surface area (Å²) < 4.78 is 0. The van der Waals surface area contributed by atoms with Crippen molar-refractivity contribution in [3.63, 3.8) is 0 Å². The third-order valence-electron chi connectivity index (χ3n) is 3.74. The Morgan fingerprint density at radius 1 is 1.30 bits per heavy atom. The van der Waals surface area contributed by atoms with Crippen molar-refractivity contribution in [1.29, 1.82) is 0 Å². The van der Waals surface area contributed by atoms with Crippen LogP contribution in [0.2, 0.25) is 5.02 Å². The average molecular weight is 313 g/mol. The van der Waals surface area contributed by atoms with Crippen molar-refractivity contribution in [2.75, 3.05) is 25.4 Å². The van der Waals surface area contributed by atoms with Crippen LogP contribution in [0.25, 0.3) is 0 Å². The molecule has 2 rings (SSSR count). The molecule has 0 atom stereocenters. The van der Waals surface area contributed by atoms with E-state index in [-0.39, 0.29) is 0 Å². The topological polar surface area (TPSA) is 15.3 Å². The minimum Gasteiger partial charge on any atom is -0.310 e. The van der Waals surface area contributed by atoms with Crippen LogP contribution in [-0.4, -0.2) is 36.3 Å². The highest BCUT2D eigenvalue weighted by Crippen LogP contribution is 2.27. The van der Waals surface area contributed by atoms with Crippen LogP contribution < -0.4 is 5.32 Å². The maximum Gasteiger partial charge on any atom is 0.0410 e. The molecule has 1 fully saturated rings. The molecule has 1 aliphatic carbocycles. The third kappa shape index (κ3) is 5.28. The molecule has 0 heterocycles. The van der Waals surface area contributed by atoms with Gasteiger partial charge >= 0.3 is 0 Å². The van der Waals surface area contributed by atoms with Crippen LogP contribution in [-0.2, 0) is 6.54 Å². The number of nitrogens with zero attached hydrogens (tertiary/aromatic N) is 1. The van der Waals surface area contributed by atoms with Gasteiger partial charge in [0.05, 0.1) is 0 Å². The lowest BCUT2D eigenvalue weighted by atomic mass is 10.2. The van der Waals surface area contributed by atoms with Gasteiger partial charge in [-0.1, -0.05) is 25.4 Å². The Bertz CT molecular complexity index is 417. The summed E-state index contributed by atoms with van der Waals surface area (Å²) in [5.41, 5.74) is 1.34. The molecule has 0 unspecified atom stereocenters. The van der Waals surface area contributed by atoms with Gasteiger partial charge in [0, 0.05) is 34.8 Å². The molecule has 2 nitrogen and oxygen atoms in total. The highest BCUT2D eigenvalue weighted by atomic mass is 35.5. The number of rotatable bonds is 9. The molecule has 4 heteroatoms. The van der Waals surface area contributed by atoms with Crippen molar-refractivity contribution in [3.8, 4) is 0 Å². The quantitative estimate of drug-likeness (QED) is 0.693. The lowest BCUT2D eigenvalue weighted by Gasteiger charge is -2.18. The van der Waals surface area contributed by atoms with E-state index in [1.807, 2.05) is 17.8 Å². The van der Waals surface area contributed by atoms with Crippen LogP contribution in [0.3, 0.4) is 0 Å². The fraction of sp³-hybridized carbons (Fsp3) is 0.625. The molecule has 1 aromatic rings. The fourth-order valence-corrected chi connectivity index (χ4v) is 3.44. The van der Waals surface area contributed by atoms with Crippen molar-refractivity contribution in [3.05, 3.63) is 28.8 Å². The zero-order valence-corrected chi connectivity index (χ0v) is 14.1. The Morgan fingerprint density at radius 2 is 2.05 bits per heavy atom. The second-order valence-corrected chi connectivity index (χ2v) is 6.86. The molecule has 0 spiro atoms. The van der Waals surface area contributed by atoms with Gasteiger partial charge in [-0.15, -0.1) is 11.8 Å². The van der Waals surface area contributed by atoms with E-state index in [9.17, 15) is 0 Å². The minimum atomic E-state index is 0.738. The van der Waals surface area contributed by atoms with Gasteiger partial charge in [0.25, 0.3) is 0 Å². The molecule has 1 saturated carbocycles. The number of hydrogen-bond donors (Lipinski definition) is 1. The minimum absolute atomic E-state index is 0.738. The van der Waals surface area contributed by atoms with E-state index >= 15 is 0 Å². The van der Waals surface area contributed by atoms with Gasteiger partial charge in [-0.2, -0.15) is 0 Å². The molecule has 20 heavy (non-hydrogen) atoms. The van der Waals surface area contributed by atoms with Gasteiger partial charge in [0.1, 0.15) is 0 Å². The van der Waals surface area contributed by atoms with Gasteiger partial charge in [0.15, 0.2) is 0 Å². The van der Waals surface area contributed by atoms with Gasteiger partial charge < -0.3 is 10.2 Å². The molecule has 0 saturated heterocycles. The highest BCUT2D eigenvalue weighted by molar-refractivity contribution is 7.99. The molecule has 1 aromatic carbocycles. The van der Waals surface area contributed by atoms with Crippen LogP contribution in [0.1, 0.15) is 32.3 Å². The first-order valence-electron chi connectivity index (χ1n) is 7.59. The van der Waals surface area contributed by atoms with E-state index in [4.69, 9.17) is 11.6 Å². The molecular formula is C16H25ClN2S. The second kappa shape index (κ2) is 8.28. The summed E-state index contributed by atoms with van der Waals surface area (Å²) in [5.74, 6) is 1.14. The fourth-order valence-electron chi connectivity index (χ4n) is 2.19. The highest BCUT2D eigenvalue weighted by Gasteiger charge is 2.20. The zero-order chi connectivity index (χ0) is 14.4. The van der Waals surface area contributed by atoms with Crippen molar-refractivity contribution in [2.45, 2.75) is 44.2 Å². The van der Waals surface area contributed by atoms with Crippen LogP contribution >= 0.6 is 23.4 Å². The largest absolute Gasteiger partial charge is 0.310 e. The molecule has 0 amide bonds. The van der Waals surface area contributed by atoms with Gasteiger partial charge in [-0.05, 0) is 49.7 Å². The van der Waals surface area contributed by atoms with Crippen molar-refractivity contribution < 1.29 is 0 Å². The standard InChI is InChI=1S/C16H25ClN2S/c1-3-19(4-2)9-10-20-16-8-5-14(17)11-13(16)12-18-15-6-7-15/h5,8,11,15,18H,3-4,6-7,9-10,12H2,1-2H3. The molecule has 1 N–H and O–H groups in total. The monoisotopic (exact) mass is 312 g/mol. The van der Waals surface area contributed by atoms with Crippen molar-refractivity contribution in [1.82, 2.24) is 10.2 Å². The second-order valence-electron chi connectivity index (χ2n) is 5.28. The normalized spacial score (nSPS) is 15.0. The van der Waals surface area contributed by atoms with Gasteiger partial charge in [-0.3, -0.25) is 0 Å². The maximum atomic E-state index is 6.13. The zero-order valence-electron chi connectivity index (χ0n) is 12.5. The number of thioether (sulfide) groups is 1. The molecule has 112 valence electrons. The molecule has 0 aromatic heterocycles. The summed E-state index contributed by atoms with van der Waals surface area (Å²) in [6.07, 6.45) is 2.65. The van der Waals surface area contributed by atoms with E-state index in [0.717, 1.165) is 43.0 Å². The third-order valence-corrected chi connectivity index (χ3v) is 5.07. The predicted molar refractivity (Wildman–Crippen MR) is 89.8 cm³/mol. The van der Waals surface area contributed by atoms with Crippen molar-refractivity contribution >= 4 is 23.4 Å². The van der Waals surface area contributed by atoms with Crippen molar-refractivity contribution in [2.24, 2.45) is 0 Å². The SMILES string of the molecule is CCN(CC)CCSc1ccc(Cl)cc1CNC1CC1. The number of hydrogen-bond acceptors (Lipinski definition) is 3. The summed E-state index contributed by atoms with van der Waals surface area (Å²) in [5, 5.41) is 4.42. The number of benzene rings is 1. The molecular weight excluding hydrogens is 288 g/mol. The Balaban J connectivity index is 1.87. The summed E-state index contributed by atoms with van der Waals surface area (Å²) in [6, 6.07) is 7.01. The number of halogens is 1. The molecule has 0 bridgehead atoms. The average Bonchev–Trinajstić information content (AvgIpc) is 3.27. The Hall–Kier alpha value is -0.220. The van der Waals surface area contributed by atoms with E-state index in [2.05, 4.69) is 36.2 Å². The summed E-state index contributed by atoms with van der Waals surface area (Å²) in [7, 11) is 0. The van der Waals surface area contributed by atoms with Crippen LogP contribution in [0.5, 0.6) is 0 Å². The lowest BCUT2D eigenvalue weighted by Crippen LogP contribution is -2.25. The summed E-state index contributed by atoms with van der Waals surface area (Å²) in [6.45, 7) is 8.80. The summed E-state index contributed by atoms with van der Waals surface area (Å²) in [4.78, 5) is 3.83. The summed E-state index contributed by atoms with van der Waals surface area (Å²) >= 11 is 8.08. The van der Waals surface area contributed by atoms with Crippen LogP contribution in [0.4, 0.5) is 0 Å². The number of nitrogens with one attached hydrogen (secondary N) is 1. The van der Waals surface area contributed by atoms with E-state index in [1.165, 1.54) is 23.3 Å². The first-order valence-corrected chi connectivity index (χ1v) is 8.96. The molecule has 0 radical (unpaired) electrons. The lowest BCUT2D eigenvalue weighted by molar-refractivity contribution is 0.324. The maximum absolute atomic E-state index is 6.13. The van der Waals surface area contributed by atoms with E-state index < -0.39 is 0 Å². The predicted octanol–water partition coefficient (Wildman–Crippen LogP) is 4.03. The first kappa shape index (κ1) is 16.2.